The summed E-state index contributed by atoms with van der Waals surface area (Å²) in [4.78, 5) is 11.9. The number of carbonyl (C=O) groups excluding carboxylic acids is 1. The van der Waals surface area contributed by atoms with Crippen molar-refractivity contribution in [1.82, 2.24) is 5.32 Å². The first kappa shape index (κ1) is 16.1. The fourth-order valence-electron chi connectivity index (χ4n) is 2.53. The van der Waals surface area contributed by atoms with Gasteiger partial charge in [-0.15, -0.1) is 0 Å². The molecule has 0 aromatic heterocycles. The molecule has 0 spiro atoms. The van der Waals surface area contributed by atoms with Gasteiger partial charge in [-0.3, -0.25) is 4.79 Å². The van der Waals surface area contributed by atoms with Crippen LogP contribution >= 0.6 is 0 Å². The van der Waals surface area contributed by atoms with Crippen molar-refractivity contribution < 1.29 is 18.7 Å². The lowest BCUT2D eigenvalue weighted by molar-refractivity contribution is 0.0908. The van der Waals surface area contributed by atoms with E-state index in [2.05, 4.69) is 5.32 Å². The van der Waals surface area contributed by atoms with Crippen LogP contribution in [0, 0.1) is 11.6 Å². The number of carbonyl (C=O) groups is 1. The number of nitrogens with one attached hydrogen (secondary N) is 1. The van der Waals surface area contributed by atoms with Crippen molar-refractivity contribution in [3.63, 3.8) is 0 Å². The van der Waals surface area contributed by atoms with Crippen molar-refractivity contribution in [3.8, 4) is 0 Å². The first-order chi connectivity index (χ1) is 11.6. The second kappa shape index (κ2) is 6.76. The van der Waals surface area contributed by atoms with Crippen molar-refractivity contribution in [1.29, 1.82) is 0 Å². The van der Waals surface area contributed by atoms with Gasteiger partial charge in [-0.2, -0.15) is 0 Å². The van der Waals surface area contributed by atoms with Crippen LogP contribution in [0.15, 0.2) is 60.7 Å². The van der Waals surface area contributed by atoms with E-state index in [4.69, 9.17) is 0 Å². The van der Waals surface area contributed by atoms with Gasteiger partial charge in [0.15, 0.2) is 0 Å². The standard InChI is InChI=1S/C19H15F2NO2/c20-15-6-3-7-16(21)18(15)19(24)22-11-17(23)14-9-8-12-4-1-2-5-13(12)10-14/h1-10,17,23H,11H2,(H,22,24)/t17-/m1/s1. The maximum atomic E-state index is 13.6. The number of halogens is 2. The molecule has 0 aliphatic carbocycles. The minimum Gasteiger partial charge on any atom is -0.387 e. The summed E-state index contributed by atoms with van der Waals surface area (Å²) in [6.07, 6.45) is -0.978. The highest BCUT2D eigenvalue weighted by molar-refractivity contribution is 5.94. The van der Waals surface area contributed by atoms with E-state index in [1.54, 1.807) is 6.07 Å². The third kappa shape index (κ3) is 3.26. The summed E-state index contributed by atoms with van der Waals surface area (Å²) in [7, 11) is 0. The first-order valence-corrected chi connectivity index (χ1v) is 7.45. The van der Waals surface area contributed by atoms with Crippen LogP contribution in [-0.4, -0.2) is 17.6 Å². The number of aliphatic hydroxyl groups excluding tert-OH is 1. The maximum Gasteiger partial charge on any atom is 0.257 e. The number of aliphatic hydroxyl groups is 1. The number of benzene rings is 3. The van der Waals surface area contributed by atoms with Gasteiger partial charge in [-0.05, 0) is 34.5 Å². The Kier molecular flexibility index (Phi) is 4.53. The minimum atomic E-state index is -0.978. The molecule has 0 aliphatic heterocycles. The van der Waals surface area contributed by atoms with Gasteiger partial charge in [-0.1, -0.05) is 42.5 Å². The van der Waals surface area contributed by atoms with E-state index in [-0.39, 0.29) is 6.54 Å². The van der Waals surface area contributed by atoms with Gasteiger partial charge in [-0.25, -0.2) is 8.78 Å². The van der Waals surface area contributed by atoms with E-state index < -0.39 is 29.2 Å². The van der Waals surface area contributed by atoms with Gasteiger partial charge in [0.2, 0.25) is 0 Å². The molecule has 122 valence electrons. The molecular formula is C19H15F2NO2. The molecule has 24 heavy (non-hydrogen) atoms. The highest BCUT2D eigenvalue weighted by atomic mass is 19.1. The fraction of sp³-hybridized carbons (Fsp3) is 0.105. The molecule has 0 saturated heterocycles. The van der Waals surface area contributed by atoms with Crippen molar-refractivity contribution in [3.05, 3.63) is 83.4 Å². The molecule has 0 bridgehead atoms. The van der Waals surface area contributed by atoms with E-state index in [0.29, 0.717) is 5.56 Å². The van der Waals surface area contributed by atoms with Crippen LogP contribution in [0.4, 0.5) is 8.78 Å². The Morgan fingerprint density at radius 3 is 2.33 bits per heavy atom. The third-order valence-corrected chi connectivity index (χ3v) is 3.80. The third-order valence-electron chi connectivity index (χ3n) is 3.80. The van der Waals surface area contributed by atoms with Crippen LogP contribution in [0.3, 0.4) is 0 Å². The molecular weight excluding hydrogens is 312 g/mol. The highest BCUT2D eigenvalue weighted by Crippen LogP contribution is 2.20. The Morgan fingerprint density at radius 2 is 1.62 bits per heavy atom. The summed E-state index contributed by atoms with van der Waals surface area (Å²) in [6.45, 7) is -0.148. The molecule has 3 nitrogen and oxygen atoms in total. The number of amides is 1. The molecule has 3 aromatic rings. The molecule has 0 fully saturated rings. The molecule has 0 aliphatic rings. The molecule has 0 unspecified atom stereocenters. The van der Waals surface area contributed by atoms with Gasteiger partial charge in [0.1, 0.15) is 17.2 Å². The first-order valence-electron chi connectivity index (χ1n) is 7.45. The van der Waals surface area contributed by atoms with Gasteiger partial charge in [0.25, 0.3) is 5.91 Å². The van der Waals surface area contributed by atoms with Crippen LogP contribution in [-0.2, 0) is 0 Å². The Morgan fingerprint density at radius 1 is 0.958 bits per heavy atom. The number of rotatable bonds is 4. The van der Waals surface area contributed by atoms with Crippen LogP contribution < -0.4 is 5.32 Å². The average molecular weight is 327 g/mol. The predicted molar refractivity (Wildman–Crippen MR) is 87.6 cm³/mol. The normalized spacial score (nSPS) is 12.1. The largest absolute Gasteiger partial charge is 0.387 e. The highest BCUT2D eigenvalue weighted by Gasteiger charge is 2.18. The maximum absolute atomic E-state index is 13.6. The zero-order valence-electron chi connectivity index (χ0n) is 12.7. The molecule has 3 aromatic carbocycles. The summed E-state index contributed by atoms with van der Waals surface area (Å²) >= 11 is 0. The molecule has 1 amide bonds. The molecule has 5 heteroatoms. The zero-order chi connectivity index (χ0) is 17.1. The monoisotopic (exact) mass is 327 g/mol. The molecule has 0 saturated carbocycles. The fourth-order valence-corrected chi connectivity index (χ4v) is 2.53. The minimum absolute atomic E-state index is 0.148. The Bertz CT molecular complexity index is 875. The van der Waals surface area contributed by atoms with E-state index in [1.165, 1.54) is 6.07 Å². The second-order valence-electron chi connectivity index (χ2n) is 5.43. The average Bonchev–Trinajstić information content (AvgIpc) is 2.59. The Hall–Kier alpha value is -2.79. The van der Waals surface area contributed by atoms with Crippen molar-refractivity contribution in [2.75, 3.05) is 6.54 Å². The number of fused-ring (bicyclic) bond motifs is 1. The summed E-state index contributed by atoms with van der Waals surface area (Å²) in [6, 6.07) is 16.3. The number of hydrogen-bond acceptors (Lipinski definition) is 2. The van der Waals surface area contributed by atoms with Crippen LogP contribution in [0.5, 0.6) is 0 Å². The lowest BCUT2D eigenvalue weighted by Gasteiger charge is -2.13. The lowest BCUT2D eigenvalue weighted by atomic mass is 10.0. The molecule has 0 heterocycles. The van der Waals surface area contributed by atoms with Crippen LogP contribution in [0.1, 0.15) is 22.0 Å². The zero-order valence-corrected chi connectivity index (χ0v) is 12.7. The quantitative estimate of drug-likeness (QED) is 0.769. The molecule has 3 rings (SSSR count). The van der Waals surface area contributed by atoms with Crippen molar-refractivity contribution >= 4 is 16.7 Å². The SMILES string of the molecule is O=C(NC[C@@H](O)c1ccc2ccccc2c1)c1c(F)cccc1F. The molecule has 1 atom stereocenters. The molecule has 0 radical (unpaired) electrons. The van der Waals surface area contributed by atoms with Gasteiger partial charge in [0.05, 0.1) is 6.10 Å². The van der Waals surface area contributed by atoms with Gasteiger partial charge in [0, 0.05) is 6.54 Å². The summed E-state index contributed by atoms with van der Waals surface area (Å²) in [5, 5.41) is 14.6. The summed E-state index contributed by atoms with van der Waals surface area (Å²) in [5.74, 6) is -2.77. The van der Waals surface area contributed by atoms with Crippen LogP contribution in [0.2, 0.25) is 0 Å². The summed E-state index contributed by atoms with van der Waals surface area (Å²) in [5.41, 5.74) is -0.0359. The van der Waals surface area contributed by atoms with E-state index >= 15 is 0 Å². The van der Waals surface area contributed by atoms with Gasteiger partial charge >= 0.3 is 0 Å². The number of hydrogen-bond donors (Lipinski definition) is 2. The molecule has 2 N–H and O–H groups in total. The van der Waals surface area contributed by atoms with E-state index in [9.17, 15) is 18.7 Å². The van der Waals surface area contributed by atoms with E-state index in [1.807, 2.05) is 36.4 Å². The second-order valence-corrected chi connectivity index (χ2v) is 5.43. The van der Waals surface area contributed by atoms with E-state index in [0.717, 1.165) is 22.9 Å². The van der Waals surface area contributed by atoms with Crippen LogP contribution in [0.25, 0.3) is 10.8 Å². The lowest BCUT2D eigenvalue weighted by Crippen LogP contribution is -2.29. The van der Waals surface area contributed by atoms with Crippen molar-refractivity contribution in [2.45, 2.75) is 6.10 Å². The summed E-state index contributed by atoms with van der Waals surface area (Å²) < 4.78 is 27.1. The topological polar surface area (TPSA) is 49.3 Å². The Labute approximate surface area is 137 Å². The predicted octanol–water partition coefficient (Wildman–Crippen LogP) is 3.58. The Balaban J connectivity index is 1.72. The smallest absolute Gasteiger partial charge is 0.257 e. The van der Waals surface area contributed by atoms with Gasteiger partial charge < -0.3 is 10.4 Å². The van der Waals surface area contributed by atoms with Crippen molar-refractivity contribution in [2.24, 2.45) is 0 Å².